The Balaban J connectivity index is 1.63. The van der Waals surface area contributed by atoms with Gasteiger partial charge in [0, 0.05) is 19.6 Å². The van der Waals surface area contributed by atoms with Gasteiger partial charge in [0.15, 0.2) is 0 Å². The van der Waals surface area contributed by atoms with Crippen LogP contribution in [-0.2, 0) is 22.7 Å². The molecule has 2 atom stereocenters. The zero-order valence-corrected chi connectivity index (χ0v) is 22.7. The van der Waals surface area contributed by atoms with E-state index in [1.54, 1.807) is 32.0 Å². The minimum atomic E-state index is -0.627. The molecule has 0 aromatic heterocycles. The van der Waals surface area contributed by atoms with Crippen LogP contribution in [0, 0.1) is 0 Å². The van der Waals surface area contributed by atoms with E-state index >= 15 is 0 Å². The van der Waals surface area contributed by atoms with Crippen molar-refractivity contribution in [2.24, 2.45) is 0 Å². The summed E-state index contributed by atoms with van der Waals surface area (Å²) in [4.78, 5) is 43.9. The highest BCUT2D eigenvalue weighted by Crippen LogP contribution is 2.30. The quantitative estimate of drug-likeness (QED) is 0.529. The van der Waals surface area contributed by atoms with Crippen molar-refractivity contribution in [2.75, 3.05) is 19.6 Å². The van der Waals surface area contributed by atoms with E-state index in [9.17, 15) is 14.4 Å². The molecule has 0 unspecified atom stereocenters. The zero-order valence-electron chi connectivity index (χ0n) is 21.2. The highest BCUT2D eigenvalue weighted by molar-refractivity contribution is 6.42. The lowest BCUT2D eigenvalue weighted by Crippen LogP contribution is -2.76. The number of hydrogen-bond donors (Lipinski definition) is 1. The number of nitrogens with zero attached hydrogens (tertiary/aromatic N) is 4. The minimum absolute atomic E-state index is 0.0501. The zero-order chi connectivity index (χ0) is 26.5. The topological polar surface area (TPSA) is 76.2 Å². The maximum atomic E-state index is 13.7. The third-order valence-electron chi connectivity index (χ3n) is 6.88. The van der Waals surface area contributed by atoms with E-state index in [-0.39, 0.29) is 30.9 Å². The number of nitrogens with one attached hydrogen (secondary N) is 1. The molecule has 0 spiro atoms. The number of carbonyl (C=O) groups excluding carboxylic acids is 3. The Morgan fingerprint density at radius 1 is 1.03 bits per heavy atom. The second kappa shape index (κ2) is 12.2. The normalized spacial score (nSPS) is 20.3. The standard InChI is InChI=1S/C27H33Cl2N5O3/c1-3-5-11-23-26(36)31(16-20-12-13-21(28)22(29)14-20)17-24-33(23)25(35)18-32(4-2)34(24)27(37)30-15-19-9-7-6-8-10-19/h6-10,12-14,23-24H,3-5,11,15-18H2,1-2H3,(H,30,37)/t23-,24-/m0/s1. The Bertz CT molecular complexity index is 1130. The monoisotopic (exact) mass is 545 g/mol. The van der Waals surface area contributed by atoms with Gasteiger partial charge in [0.05, 0.1) is 23.1 Å². The first-order chi connectivity index (χ1) is 17.8. The summed E-state index contributed by atoms with van der Waals surface area (Å²) in [5.41, 5.74) is 1.81. The fourth-order valence-corrected chi connectivity index (χ4v) is 5.31. The van der Waals surface area contributed by atoms with Gasteiger partial charge in [0.2, 0.25) is 11.8 Å². The van der Waals surface area contributed by atoms with Gasteiger partial charge in [-0.15, -0.1) is 0 Å². The van der Waals surface area contributed by atoms with Gasteiger partial charge in [0.1, 0.15) is 12.2 Å². The number of rotatable bonds is 8. The molecule has 2 aliphatic heterocycles. The Morgan fingerprint density at radius 3 is 2.46 bits per heavy atom. The van der Waals surface area contributed by atoms with Crippen LogP contribution in [0.1, 0.15) is 44.2 Å². The number of piperazine rings is 1. The van der Waals surface area contributed by atoms with Crippen molar-refractivity contribution in [3.05, 3.63) is 69.7 Å². The lowest BCUT2D eigenvalue weighted by molar-refractivity contribution is -0.190. The smallest absolute Gasteiger partial charge is 0.333 e. The molecule has 4 amide bonds. The van der Waals surface area contributed by atoms with Crippen LogP contribution < -0.4 is 5.32 Å². The SMILES string of the molecule is CCCC[C@H]1C(=O)N(Cc2ccc(Cl)c(Cl)c2)C[C@H]2N1C(=O)CN(CC)N2C(=O)NCc1ccccc1. The van der Waals surface area contributed by atoms with Crippen LogP contribution in [0.2, 0.25) is 10.0 Å². The summed E-state index contributed by atoms with van der Waals surface area (Å²) in [5.74, 6) is -0.249. The van der Waals surface area contributed by atoms with Crippen molar-refractivity contribution < 1.29 is 14.4 Å². The Morgan fingerprint density at radius 2 is 1.78 bits per heavy atom. The lowest BCUT2D eigenvalue weighted by Gasteiger charge is -2.55. The van der Waals surface area contributed by atoms with Crippen LogP contribution in [0.4, 0.5) is 4.79 Å². The summed E-state index contributed by atoms with van der Waals surface area (Å²) < 4.78 is 0. The fraction of sp³-hybridized carbons (Fsp3) is 0.444. The van der Waals surface area contributed by atoms with E-state index < -0.39 is 12.2 Å². The van der Waals surface area contributed by atoms with E-state index in [0.29, 0.717) is 36.1 Å². The number of halogens is 2. The van der Waals surface area contributed by atoms with Crippen molar-refractivity contribution in [1.82, 2.24) is 25.1 Å². The summed E-state index contributed by atoms with van der Waals surface area (Å²) in [7, 11) is 0. The molecule has 2 aromatic rings. The summed E-state index contributed by atoms with van der Waals surface area (Å²) in [6.07, 6.45) is 1.62. The van der Waals surface area contributed by atoms with Gasteiger partial charge in [-0.2, -0.15) is 0 Å². The van der Waals surface area contributed by atoms with Crippen molar-refractivity contribution in [3.8, 4) is 0 Å². The van der Waals surface area contributed by atoms with Crippen LogP contribution in [-0.4, -0.2) is 69.5 Å². The predicted molar refractivity (Wildman–Crippen MR) is 144 cm³/mol. The van der Waals surface area contributed by atoms with Crippen LogP contribution in [0.5, 0.6) is 0 Å². The maximum absolute atomic E-state index is 13.7. The van der Waals surface area contributed by atoms with Gasteiger partial charge >= 0.3 is 6.03 Å². The van der Waals surface area contributed by atoms with E-state index in [4.69, 9.17) is 23.2 Å². The third-order valence-corrected chi connectivity index (χ3v) is 7.62. The Labute approximate surface area is 228 Å². The van der Waals surface area contributed by atoms with E-state index in [0.717, 1.165) is 24.0 Å². The second-order valence-electron chi connectivity index (χ2n) is 9.38. The fourth-order valence-electron chi connectivity index (χ4n) is 4.99. The van der Waals surface area contributed by atoms with Gasteiger partial charge in [0.25, 0.3) is 0 Å². The number of carbonyl (C=O) groups is 3. The molecule has 2 heterocycles. The summed E-state index contributed by atoms with van der Waals surface area (Å²) in [6, 6.07) is 14.0. The number of fused-ring (bicyclic) bond motifs is 1. The van der Waals surface area contributed by atoms with Gasteiger partial charge in [-0.3, -0.25) is 9.59 Å². The minimum Gasteiger partial charge on any atom is -0.333 e. The van der Waals surface area contributed by atoms with E-state index in [1.807, 2.05) is 43.3 Å². The molecule has 0 radical (unpaired) electrons. The summed E-state index contributed by atoms with van der Waals surface area (Å²) in [6.45, 7) is 5.36. The molecule has 0 aliphatic carbocycles. The molecule has 4 rings (SSSR count). The highest BCUT2D eigenvalue weighted by Gasteiger charge is 2.50. The maximum Gasteiger partial charge on any atom is 0.334 e. The van der Waals surface area contributed by atoms with Crippen molar-refractivity contribution in [1.29, 1.82) is 0 Å². The molecule has 1 N–H and O–H groups in total. The summed E-state index contributed by atoms with van der Waals surface area (Å²) in [5, 5.41) is 7.24. The molecule has 37 heavy (non-hydrogen) atoms. The van der Waals surface area contributed by atoms with Crippen LogP contribution >= 0.6 is 23.2 Å². The van der Waals surface area contributed by atoms with Gasteiger partial charge in [-0.25, -0.2) is 14.8 Å². The van der Waals surface area contributed by atoms with E-state index in [2.05, 4.69) is 12.2 Å². The number of unbranched alkanes of at least 4 members (excludes halogenated alkanes) is 1. The van der Waals surface area contributed by atoms with Crippen molar-refractivity contribution in [2.45, 2.75) is 58.4 Å². The molecule has 8 nitrogen and oxygen atoms in total. The predicted octanol–water partition coefficient (Wildman–Crippen LogP) is 4.51. The molecule has 2 aromatic carbocycles. The molecule has 2 fully saturated rings. The van der Waals surface area contributed by atoms with Gasteiger partial charge in [-0.1, -0.05) is 86.3 Å². The third kappa shape index (κ3) is 6.03. The molecular formula is C27H33Cl2N5O3. The lowest BCUT2D eigenvalue weighted by atomic mass is 10.0. The number of hydrazine groups is 1. The van der Waals surface area contributed by atoms with Gasteiger partial charge in [-0.05, 0) is 29.7 Å². The number of amides is 4. The number of likely N-dealkylation sites (N-methyl/N-ethyl adjacent to an activating group) is 1. The molecule has 2 saturated heterocycles. The van der Waals surface area contributed by atoms with Crippen molar-refractivity contribution >= 4 is 41.0 Å². The highest BCUT2D eigenvalue weighted by atomic mass is 35.5. The van der Waals surface area contributed by atoms with E-state index in [1.165, 1.54) is 0 Å². The Kier molecular flexibility index (Phi) is 8.95. The molecular weight excluding hydrogens is 513 g/mol. The number of benzene rings is 2. The van der Waals surface area contributed by atoms with Crippen LogP contribution in [0.15, 0.2) is 48.5 Å². The molecule has 0 bridgehead atoms. The molecule has 198 valence electrons. The van der Waals surface area contributed by atoms with Crippen LogP contribution in [0.3, 0.4) is 0 Å². The Hall–Kier alpha value is -2.81. The van der Waals surface area contributed by atoms with Crippen LogP contribution in [0.25, 0.3) is 0 Å². The first kappa shape index (κ1) is 27.2. The molecule has 0 saturated carbocycles. The largest absolute Gasteiger partial charge is 0.334 e. The first-order valence-electron chi connectivity index (χ1n) is 12.7. The molecule has 10 heteroatoms. The number of urea groups is 1. The first-order valence-corrected chi connectivity index (χ1v) is 13.5. The average Bonchev–Trinajstić information content (AvgIpc) is 2.90. The molecule has 2 aliphatic rings. The summed E-state index contributed by atoms with van der Waals surface area (Å²) >= 11 is 12.3. The average molecular weight is 546 g/mol. The van der Waals surface area contributed by atoms with Gasteiger partial charge < -0.3 is 15.1 Å². The number of hydrogen-bond acceptors (Lipinski definition) is 4. The van der Waals surface area contributed by atoms with Crippen molar-refractivity contribution in [3.63, 3.8) is 0 Å². The second-order valence-corrected chi connectivity index (χ2v) is 10.2.